The molecule has 7 nitrogen and oxygen atoms in total. The van der Waals surface area contributed by atoms with Crippen LogP contribution in [0.4, 0.5) is 5.69 Å². The van der Waals surface area contributed by atoms with E-state index in [0.717, 1.165) is 16.7 Å². The molecule has 1 heterocycles. The van der Waals surface area contributed by atoms with Gasteiger partial charge < -0.3 is 10.1 Å². The molecule has 1 aliphatic rings. The minimum Gasteiger partial charge on any atom is -0.469 e. The summed E-state index contributed by atoms with van der Waals surface area (Å²) in [7, 11) is 1.31. The fraction of sp³-hybridized carbons (Fsp3) is 0.304. The van der Waals surface area contributed by atoms with Crippen LogP contribution >= 0.6 is 0 Å². The van der Waals surface area contributed by atoms with Crippen LogP contribution in [-0.2, 0) is 19.1 Å². The Hall–Kier alpha value is -3.48. The van der Waals surface area contributed by atoms with Gasteiger partial charge in [-0.3, -0.25) is 14.4 Å². The van der Waals surface area contributed by atoms with Crippen LogP contribution in [0.1, 0.15) is 42.0 Å². The zero-order valence-corrected chi connectivity index (χ0v) is 17.3. The van der Waals surface area contributed by atoms with Gasteiger partial charge in [0.05, 0.1) is 25.3 Å². The summed E-state index contributed by atoms with van der Waals surface area (Å²) in [4.78, 5) is 37.2. The lowest BCUT2D eigenvalue weighted by molar-refractivity contribution is -0.141. The van der Waals surface area contributed by atoms with Gasteiger partial charge in [-0.05, 0) is 37.1 Å². The molecule has 0 aliphatic carbocycles. The summed E-state index contributed by atoms with van der Waals surface area (Å²) in [5.41, 5.74) is 3.73. The number of ether oxygens (including phenoxy) is 1. The Morgan fingerprint density at radius 2 is 1.83 bits per heavy atom. The molecular formula is C23H25N3O4. The van der Waals surface area contributed by atoms with E-state index < -0.39 is 17.9 Å². The van der Waals surface area contributed by atoms with E-state index in [2.05, 4.69) is 10.4 Å². The van der Waals surface area contributed by atoms with E-state index in [1.807, 2.05) is 56.3 Å². The molecule has 0 spiro atoms. The van der Waals surface area contributed by atoms with Gasteiger partial charge in [0.25, 0.3) is 5.91 Å². The molecule has 7 heteroatoms. The molecule has 3 rings (SSSR count). The van der Waals surface area contributed by atoms with Crippen molar-refractivity contribution in [3.8, 4) is 0 Å². The van der Waals surface area contributed by atoms with Crippen molar-refractivity contribution < 1.29 is 19.1 Å². The predicted molar refractivity (Wildman–Crippen MR) is 114 cm³/mol. The molecule has 2 aromatic carbocycles. The van der Waals surface area contributed by atoms with E-state index >= 15 is 0 Å². The van der Waals surface area contributed by atoms with Crippen LogP contribution in [0, 0.1) is 13.8 Å². The van der Waals surface area contributed by atoms with Crippen molar-refractivity contribution in [3.05, 3.63) is 65.2 Å². The number of esters is 1. The number of aryl methyl sites for hydroxylation is 2. The number of methoxy groups -OCH3 is 1. The van der Waals surface area contributed by atoms with Crippen LogP contribution in [0.3, 0.4) is 0 Å². The minimum absolute atomic E-state index is 0.000887. The molecule has 1 aliphatic heterocycles. The second-order valence-electron chi connectivity index (χ2n) is 7.31. The zero-order chi connectivity index (χ0) is 21.7. The number of carbonyl (C=O) groups is 3. The quantitative estimate of drug-likeness (QED) is 0.745. The number of benzene rings is 2. The van der Waals surface area contributed by atoms with Gasteiger partial charge in [-0.15, -0.1) is 0 Å². The van der Waals surface area contributed by atoms with E-state index in [1.165, 1.54) is 12.1 Å². The highest BCUT2D eigenvalue weighted by atomic mass is 16.5. The molecule has 1 atom stereocenters. The van der Waals surface area contributed by atoms with Gasteiger partial charge in [-0.25, -0.2) is 5.01 Å². The van der Waals surface area contributed by atoms with Crippen LogP contribution in [0.25, 0.3) is 0 Å². The molecule has 156 valence electrons. The molecule has 0 fully saturated rings. The Labute approximate surface area is 175 Å². The topological polar surface area (TPSA) is 88.1 Å². The van der Waals surface area contributed by atoms with Gasteiger partial charge >= 0.3 is 5.97 Å². The third kappa shape index (κ3) is 5.11. The Morgan fingerprint density at radius 3 is 2.50 bits per heavy atom. The lowest BCUT2D eigenvalue weighted by Crippen LogP contribution is -2.41. The van der Waals surface area contributed by atoms with Crippen molar-refractivity contribution in [1.29, 1.82) is 0 Å². The fourth-order valence-corrected chi connectivity index (χ4v) is 3.22. The molecule has 0 aromatic heterocycles. The number of nitrogens with zero attached hydrogens (tertiary/aromatic N) is 2. The first-order chi connectivity index (χ1) is 14.4. The van der Waals surface area contributed by atoms with Crippen molar-refractivity contribution in [1.82, 2.24) is 5.32 Å². The second-order valence-corrected chi connectivity index (χ2v) is 7.31. The van der Waals surface area contributed by atoms with Crippen LogP contribution in [-0.4, -0.2) is 30.6 Å². The monoisotopic (exact) mass is 407 g/mol. The number of rotatable bonds is 6. The maximum absolute atomic E-state index is 12.9. The molecular weight excluding hydrogens is 382 g/mol. The first-order valence-corrected chi connectivity index (χ1v) is 9.78. The number of carbonyl (C=O) groups excluding carboxylic acids is 3. The summed E-state index contributed by atoms with van der Waals surface area (Å²) in [6.07, 6.45) is 0.428. The van der Waals surface area contributed by atoms with Crippen LogP contribution < -0.4 is 10.3 Å². The Kier molecular flexibility index (Phi) is 6.61. The molecule has 2 aromatic rings. The zero-order valence-electron chi connectivity index (χ0n) is 17.3. The molecule has 1 N–H and O–H groups in total. The van der Waals surface area contributed by atoms with Crippen LogP contribution in [0.5, 0.6) is 0 Å². The summed E-state index contributed by atoms with van der Waals surface area (Å²) in [6.45, 7) is 3.89. The summed E-state index contributed by atoms with van der Waals surface area (Å²) in [6, 6.07) is 14.4. The van der Waals surface area contributed by atoms with Gasteiger partial charge in [-0.2, -0.15) is 5.10 Å². The SMILES string of the molecule is COC(=O)CC(NC(=O)C1=NN(c2cccc(C)c2)C(=O)CC1)c1ccc(C)cc1. The first kappa shape index (κ1) is 21.2. The number of hydrazone groups is 1. The smallest absolute Gasteiger partial charge is 0.307 e. The minimum atomic E-state index is -0.557. The van der Waals surface area contributed by atoms with Crippen molar-refractivity contribution in [3.63, 3.8) is 0 Å². The van der Waals surface area contributed by atoms with Crippen LogP contribution in [0.15, 0.2) is 53.6 Å². The van der Waals surface area contributed by atoms with Crippen LogP contribution in [0.2, 0.25) is 0 Å². The molecule has 0 radical (unpaired) electrons. The maximum Gasteiger partial charge on any atom is 0.307 e. The third-order valence-electron chi connectivity index (χ3n) is 4.92. The highest BCUT2D eigenvalue weighted by Gasteiger charge is 2.28. The van der Waals surface area contributed by atoms with Crippen molar-refractivity contribution in [2.75, 3.05) is 12.1 Å². The van der Waals surface area contributed by atoms with E-state index in [1.54, 1.807) is 6.07 Å². The lowest BCUT2D eigenvalue weighted by atomic mass is 10.0. The second kappa shape index (κ2) is 9.35. The molecule has 0 saturated heterocycles. The molecule has 1 unspecified atom stereocenters. The van der Waals surface area contributed by atoms with Gasteiger partial charge in [0, 0.05) is 12.8 Å². The number of amides is 2. The highest BCUT2D eigenvalue weighted by Crippen LogP contribution is 2.23. The maximum atomic E-state index is 12.9. The van der Waals surface area contributed by atoms with Gasteiger partial charge in [0.2, 0.25) is 5.91 Å². The van der Waals surface area contributed by atoms with Crippen molar-refractivity contribution >= 4 is 29.2 Å². The van der Waals surface area contributed by atoms with E-state index in [0.29, 0.717) is 5.69 Å². The lowest BCUT2D eigenvalue weighted by Gasteiger charge is -2.25. The molecule has 0 bridgehead atoms. The standard InChI is InChI=1S/C23H25N3O4/c1-15-7-9-17(10-8-15)20(14-22(28)30-3)24-23(29)19-11-12-21(27)26(25-19)18-6-4-5-16(2)13-18/h4-10,13,20H,11-12,14H2,1-3H3,(H,24,29). The Morgan fingerprint density at radius 1 is 1.10 bits per heavy atom. The Balaban J connectivity index is 1.83. The number of anilines is 1. The third-order valence-corrected chi connectivity index (χ3v) is 4.92. The number of hydrogen-bond acceptors (Lipinski definition) is 5. The number of hydrogen-bond donors (Lipinski definition) is 1. The molecule has 0 saturated carbocycles. The Bertz CT molecular complexity index is 982. The normalized spacial score (nSPS) is 14.7. The number of nitrogens with one attached hydrogen (secondary N) is 1. The average molecular weight is 407 g/mol. The highest BCUT2D eigenvalue weighted by molar-refractivity contribution is 6.40. The van der Waals surface area contributed by atoms with E-state index in [4.69, 9.17) is 4.74 Å². The molecule has 2 amide bonds. The average Bonchev–Trinajstić information content (AvgIpc) is 2.74. The largest absolute Gasteiger partial charge is 0.469 e. The molecule has 30 heavy (non-hydrogen) atoms. The first-order valence-electron chi connectivity index (χ1n) is 9.78. The summed E-state index contributed by atoms with van der Waals surface area (Å²) in [5.74, 6) is -1.00. The summed E-state index contributed by atoms with van der Waals surface area (Å²) >= 11 is 0. The van der Waals surface area contributed by atoms with Gasteiger partial charge in [0.15, 0.2) is 0 Å². The van der Waals surface area contributed by atoms with Crippen molar-refractivity contribution in [2.45, 2.75) is 39.2 Å². The fourth-order valence-electron chi connectivity index (χ4n) is 3.22. The van der Waals surface area contributed by atoms with E-state index in [9.17, 15) is 14.4 Å². The summed E-state index contributed by atoms with van der Waals surface area (Å²) in [5, 5.41) is 8.45. The van der Waals surface area contributed by atoms with Gasteiger partial charge in [-0.1, -0.05) is 42.0 Å². The van der Waals surface area contributed by atoms with Crippen molar-refractivity contribution in [2.24, 2.45) is 5.10 Å². The van der Waals surface area contributed by atoms with Gasteiger partial charge in [0.1, 0.15) is 5.71 Å². The van der Waals surface area contributed by atoms with E-state index in [-0.39, 0.29) is 30.9 Å². The summed E-state index contributed by atoms with van der Waals surface area (Å²) < 4.78 is 4.78. The predicted octanol–water partition coefficient (Wildman–Crippen LogP) is 3.21.